The molecule has 2 aromatic carbocycles. The van der Waals surface area contributed by atoms with Crippen LogP contribution < -0.4 is 0 Å². The molecule has 2 saturated carbocycles. The third-order valence-electron chi connectivity index (χ3n) is 5.71. The van der Waals surface area contributed by atoms with Crippen molar-refractivity contribution >= 4 is 29.8 Å². The SMILES string of the molecule is Cc1ccc(S(=O)(=O)/N=[Se](\C/C=C\c2ccccc2)[C]2[CH][CH][CH][C]2[C@H](C)N(C)C)cc1.[CH]1[CH][CH][CH][CH]1.[Fe]. The van der Waals surface area contributed by atoms with Crippen LogP contribution in [0.1, 0.15) is 18.1 Å². The van der Waals surface area contributed by atoms with Crippen LogP contribution in [0, 0.1) is 69.0 Å². The molecule has 2 aliphatic carbocycles. The normalized spacial score (nSPS) is 18.5. The summed E-state index contributed by atoms with van der Waals surface area (Å²) in [5.74, 6) is 1.16. The van der Waals surface area contributed by atoms with Gasteiger partial charge in [0.1, 0.15) is 0 Å². The first-order chi connectivity index (χ1) is 17.3. The van der Waals surface area contributed by atoms with E-state index in [1.807, 2.05) is 115 Å². The molecule has 0 N–H and O–H groups in total. The van der Waals surface area contributed by atoms with E-state index in [1.165, 1.54) is 0 Å². The smallest absolute Gasteiger partial charge is 0 e. The van der Waals surface area contributed by atoms with Crippen LogP contribution >= 0.6 is 0 Å². The Kier molecular flexibility index (Phi) is 14.0. The van der Waals surface area contributed by atoms with Gasteiger partial charge in [0.15, 0.2) is 0 Å². The third-order valence-corrected chi connectivity index (χ3v) is 12.2. The number of rotatable bonds is 8. The van der Waals surface area contributed by atoms with Gasteiger partial charge in [0.05, 0.1) is 0 Å². The van der Waals surface area contributed by atoms with E-state index in [2.05, 4.69) is 27.7 Å². The number of nitrogens with zero attached hydrogens (tertiary/aromatic N) is 2. The molecule has 10 radical (unpaired) electrons. The second-order valence-electron chi connectivity index (χ2n) is 8.65. The first-order valence-corrected chi connectivity index (χ1v) is 16.1. The minimum Gasteiger partial charge on any atom is -0.0312 e. The van der Waals surface area contributed by atoms with E-state index in [0.717, 1.165) is 21.9 Å². The molecule has 0 saturated heterocycles. The minimum absolute atomic E-state index is 0. The molecule has 2 aliphatic rings. The molecule has 4 nitrogen and oxygen atoms in total. The zero-order chi connectivity index (χ0) is 26.0. The molecule has 196 valence electrons. The number of allylic oxidation sites excluding steroid dienone is 1. The van der Waals surface area contributed by atoms with Crippen LogP contribution in [0.2, 0.25) is 5.32 Å². The fourth-order valence-corrected chi connectivity index (χ4v) is 9.84. The number of hydrogen-bond acceptors (Lipinski definition) is 3. The summed E-state index contributed by atoms with van der Waals surface area (Å²) >= 11 is -2.03. The molecule has 2 aromatic rings. The van der Waals surface area contributed by atoms with E-state index in [4.69, 9.17) is 0 Å². The van der Waals surface area contributed by atoms with Crippen LogP contribution in [-0.2, 0) is 27.1 Å². The summed E-state index contributed by atoms with van der Waals surface area (Å²) in [5.41, 5.74) is 2.12. The molecule has 0 heterocycles. The Balaban J connectivity index is 0.000000716. The van der Waals surface area contributed by atoms with E-state index in [9.17, 15) is 8.42 Å². The molecule has 0 aromatic heterocycles. The standard InChI is InChI=1S/C25H29N2O2SSe.C5H5.Fe/c1-20-15-17-23(18-16-20)30(28,29)26-31(19-9-12-22-10-6-5-7-11-22)25-14-8-13-24(25)21(2)27(3)4;1-2-4-5-3-1;/h5-18,21H,19H2,1-4H3;1-5H;/b12-9-;;/t21-,31?;;/m0../s1. The first-order valence-electron chi connectivity index (χ1n) is 11.8. The summed E-state index contributed by atoms with van der Waals surface area (Å²) in [6.07, 6.45) is 20.2. The largest absolute Gasteiger partial charge is 0.0312 e. The van der Waals surface area contributed by atoms with Crippen molar-refractivity contribution in [3.63, 3.8) is 0 Å². The van der Waals surface area contributed by atoms with Crippen LogP contribution in [0.25, 0.3) is 6.08 Å². The fourth-order valence-electron chi connectivity index (χ4n) is 3.45. The van der Waals surface area contributed by atoms with Gasteiger partial charge in [-0.15, -0.1) is 0 Å². The second-order valence-corrected chi connectivity index (χ2v) is 14.3. The topological polar surface area (TPSA) is 49.7 Å². The van der Waals surface area contributed by atoms with Crippen molar-refractivity contribution in [2.24, 2.45) is 3.37 Å². The van der Waals surface area contributed by atoms with Crippen molar-refractivity contribution < 1.29 is 25.5 Å². The van der Waals surface area contributed by atoms with Crippen molar-refractivity contribution in [1.82, 2.24) is 4.90 Å². The molecule has 1 unspecified atom stereocenters. The maximum atomic E-state index is 13.1. The number of benzene rings is 2. The zero-order valence-corrected chi connectivity index (χ0v) is 25.3. The Hall–Kier alpha value is -1.07. The molecular formula is C30H34FeN2O2SSe. The van der Waals surface area contributed by atoms with E-state index >= 15 is 0 Å². The molecule has 4 rings (SSSR count). The van der Waals surface area contributed by atoms with Gasteiger partial charge in [0.25, 0.3) is 0 Å². The first kappa shape index (κ1) is 32.1. The molecular weight excluding hydrogens is 587 g/mol. The molecule has 2 fully saturated rings. The van der Waals surface area contributed by atoms with Crippen molar-refractivity contribution in [2.75, 3.05) is 14.1 Å². The molecule has 0 bridgehead atoms. The van der Waals surface area contributed by atoms with Crippen LogP contribution in [0.3, 0.4) is 0 Å². The second kappa shape index (κ2) is 16.1. The van der Waals surface area contributed by atoms with E-state index in [0.29, 0.717) is 5.32 Å². The Morgan fingerprint density at radius 1 is 0.892 bits per heavy atom. The summed E-state index contributed by atoms with van der Waals surface area (Å²) in [6.45, 7) is 4.08. The molecule has 0 amide bonds. The minimum atomic E-state index is -3.73. The molecule has 37 heavy (non-hydrogen) atoms. The molecule has 7 heteroatoms. The van der Waals surface area contributed by atoms with Gasteiger partial charge in [-0.3, -0.25) is 0 Å². The van der Waals surface area contributed by atoms with Gasteiger partial charge >= 0.3 is 192 Å². The van der Waals surface area contributed by atoms with E-state index in [-0.39, 0.29) is 28.0 Å². The molecule has 2 atom stereocenters. The average Bonchev–Trinajstić information content (AvgIpc) is 3.59. The molecule has 0 spiro atoms. The van der Waals surface area contributed by atoms with Crippen LogP contribution in [-0.4, -0.2) is 47.2 Å². The van der Waals surface area contributed by atoms with Crippen molar-refractivity contribution in [1.29, 1.82) is 0 Å². The summed E-state index contributed by atoms with van der Waals surface area (Å²) < 4.78 is 30.8. The van der Waals surface area contributed by atoms with Gasteiger partial charge in [-0.1, -0.05) is 0 Å². The summed E-state index contributed by atoms with van der Waals surface area (Å²) in [4.78, 5) is 3.47. The predicted octanol–water partition coefficient (Wildman–Crippen LogP) is 5.94. The quantitative estimate of drug-likeness (QED) is 0.343. The number of aryl methyl sites for hydroxylation is 1. The zero-order valence-electron chi connectivity index (χ0n) is 21.6. The van der Waals surface area contributed by atoms with Gasteiger partial charge in [0.2, 0.25) is 0 Å². The van der Waals surface area contributed by atoms with Gasteiger partial charge in [-0.25, -0.2) is 0 Å². The molecule has 0 aliphatic heterocycles. The maximum absolute atomic E-state index is 13.1. The van der Waals surface area contributed by atoms with Crippen LogP contribution in [0.4, 0.5) is 0 Å². The Morgan fingerprint density at radius 3 is 2.05 bits per heavy atom. The Bertz CT molecular complexity index is 1090. The van der Waals surface area contributed by atoms with Crippen molar-refractivity contribution in [3.8, 4) is 0 Å². The predicted molar refractivity (Wildman–Crippen MR) is 151 cm³/mol. The van der Waals surface area contributed by atoms with Gasteiger partial charge in [0, 0.05) is 17.1 Å². The number of hydrogen-bond donors (Lipinski definition) is 0. The van der Waals surface area contributed by atoms with Gasteiger partial charge < -0.3 is 0 Å². The van der Waals surface area contributed by atoms with Gasteiger partial charge in [-0.2, -0.15) is 0 Å². The summed E-state index contributed by atoms with van der Waals surface area (Å²) in [5, 5.41) is 0.622. The summed E-state index contributed by atoms with van der Waals surface area (Å²) in [7, 11) is 0.340. The Labute approximate surface area is 240 Å². The fraction of sp³-hybridized carbons (Fsp3) is 0.200. The van der Waals surface area contributed by atoms with E-state index in [1.54, 1.807) is 12.1 Å². The number of sulfonamides is 1. The van der Waals surface area contributed by atoms with Crippen LogP contribution in [0.15, 0.2) is 68.9 Å². The van der Waals surface area contributed by atoms with Gasteiger partial charge in [-0.05, 0) is 32.1 Å². The Morgan fingerprint density at radius 2 is 1.49 bits per heavy atom. The average molecular weight is 621 g/mol. The maximum Gasteiger partial charge on any atom is 0 e. The third kappa shape index (κ3) is 10.2. The van der Waals surface area contributed by atoms with Crippen molar-refractivity contribution in [2.45, 2.75) is 30.1 Å². The van der Waals surface area contributed by atoms with E-state index < -0.39 is 23.7 Å². The summed E-state index contributed by atoms with van der Waals surface area (Å²) in [6, 6.07) is 17.1. The van der Waals surface area contributed by atoms with Crippen molar-refractivity contribution in [3.05, 3.63) is 134 Å². The monoisotopic (exact) mass is 622 g/mol. The van der Waals surface area contributed by atoms with Crippen LogP contribution in [0.5, 0.6) is 0 Å².